The zero-order valence-electron chi connectivity index (χ0n) is 12.7. The predicted molar refractivity (Wildman–Crippen MR) is 79.0 cm³/mol. The Kier molecular flexibility index (Phi) is 5.07. The number of rotatable bonds is 6. The van der Waals surface area contributed by atoms with Crippen LogP contribution in [-0.2, 0) is 13.5 Å². The molecule has 2 aromatic rings. The van der Waals surface area contributed by atoms with E-state index in [4.69, 9.17) is 0 Å². The van der Waals surface area contributed by atoms with Crippen LogP contribution in [0.3, 0.4) is 0 Å². The highest BCUT2D eigenvalue weighted by Crippen LogP contribution is 2.22. The lowest BCUT2D eigenvalue weighted by Gasteiger charge is -2.18. The Hall–Kier alpha value is -1.75. The third-order valence-electron chi connectivity index (χ3n) is 3.43. The van der Waals surface area contributed by atoms with Gasteiger partial charge in [0.2, 0.25) is 0 Å². The van der Waals surface area contributed by atoms with Crippen molar-refractivity contribution in [2.75, 3.05) is 6.54 Å². The molecule has 0 spiro atoms. The molecule has 1 heterocycles. The molecule has 1 atom stereocenters. The number of hydrogen-bond donors (Lipinski definition) is 1. The van der Waals surface area contributed by atoms with Gasteiger partial charge in [-0.05, 0) is 44.0 Å². The first-order chi connectivity index (χ1) is 9.99. The summed E-state index contributed by atoms with van der Waals surface area (Å²) in [6, 6.07) is 3.66. The van der Waals surface area contributed by atoms with E-state index in [1.165, 1.54) is 12.1 Å². The van der Waals surface area contributed by atoms with Crippen molar-refractivity contribution in [2.45, 2.75) is 32.7 Å². The molecule has 114 valence electrons. The molecule has 21 heavy (non-hydrogen) atoms. The van der Waals surface area contributed by atoms with Crippen molar-refractivity contribution in [1.82, 2.24) is 15.1 Å². The van der Waals surface area contributed by atoms with Crippen molar-refractivity contribution in [3.05, 3.63) is 52.9 Å². The van der Waals surface area contributed by atoms with Gasteiger partial charge in [-0.2, -0.15) is 5.10 Å². The van der Waals surface area contributed by atoms with Gasteiger partial charge in [0.25, 0.3) is 0 Å². The normalized spacial score (nSPS) is 12.6. The smallest absolute Gasteiger partial charge is 0.126 e. The summed E-state index contributed by atoms with van der Waals surface area (Å²) < 4.78 is 28.4. The van der Waals surface area contributed by atoms with E-state index in [0.29, 0.717) is 12.0 Å². The molecule has 0 amide bonds. The van der Waals surface area contributed by atoms with Gasteiger partial charge in [-0.3, -0.25) is 4.68 Å². The van der Waals surface area contributed by atoms with Crippen LogP contribution in [0.1, 0.15) is 36.2 Å². The summed E-state index contributed by atoms with van der Waals surface area (Å²) in [5.74, 6) is -1.08. The van der Waals surface area contributed by atoms with E-state index in [0.717, 1.165) is 30.3 Å². The fourth-order valence-corrected chi connectivity index (χ4v) is 2.54. The standard InChI is InChI=1S/C16H21F2N3/c1-4-5-19-16(15-10-21(3)20-11(15)2)8-12-6-13(17)9-14(18)7-12/h6-7,9-10,16,19H,4-5,8H2,1-3H3. The zero-order valence-corrected chi connectivity index (χ0v) is 12.7. The molecule has 0 saturated carbocycles. The molecule has 0 saturated heterocycles. The predicted octanol–water partition coefficient (Wildman–Crippen LogP) is 3.29. The molecule has 0 radical (unpaired) electrons. The third kappa shape index (κ3) is 4.11. The number of hydrogen-bond acceptors (Lipinski definition) is 2. The second-order valence-corrected chi connectivity index (χ2v) is 5.33. The van der Waals surface area contributed by atoms with Gasteiger partial charge < -0.3 is 5.32 Å². The molecule has 5 heteroatoms. The van der Waals surface area contributed by atoms with Crippen LogP contribution in [0, 0.1) is 18.6 Å². The Bertz CT molecular complexity index is 587. The van der Waals surface area contributed by atoms with Gasteiger partial charge >= 0.3 is 0 Å². The Labute approximate surface area is 124 Å². The van der Waals surface area contributed by atoms with Crippen LogP contribution in [0.5, 0.6) is 0 Å². The summed E-state index contributed by atoms with van der Waals surface area (Å²) in [6.07, 6.45) is 3.48. The summed E-state index contributed by atoms with van der Waals surface area (Å²) in [7, 11) is 1.87. The van der Waals surface area contributed by atoms with Crippen LogP contribution in [0.4, 0.5) is 8.78 Å². The molecule has 0 aliphatic carbocycles. The van der Waals surface area contributed by atoms with Crippen LogP contribution in [-0.4, -0.2) is 16.3 Å². The quantitative estimate of drug-likeness (QED) is 0.885. The molecule has 2 rings (SSSR count). The highest BCUT2D eigenvalue weighted by molar-refractivity contribution is 5.25. The maximum absolute atomic E-state index is 13.3. The van der Waals surface area contributed by atoms with Crippen molar-refractivity contribution < 1.29 is 8.78 Å². The maximum atomic E-state index is 13.3. The lowest BCUT2D eigenvalue weighted by molar-refractivity contribution is 0.520. The molecule has 3 nitrogen and oxygen atoms in total. The molecular formula is C16H21F2N3. The van der Waals surface area contributed by atoms with Crippen LogP contribution in [0.25, 0.3) is 0 Å². The minimum absolute atomic E-state index is 0.000139. The van der Waals surface area contributed by atoms with E-state index in [9.17, 15) is 8.78 Å². The molecule has 1 unspecified atom stereocenters. The Balaban J connectivity index is 2.25. The number of benzene rings is 1. The lowest BCUT2D eigenvalue weighted by Crippen LogP contribution is -2.24. The second kappa shape index (κ2) is 6.80. The minimum Gasteiger partial charge on any atom is -0.310 e. The topological polar surface area (TPSA) is 29.9 Å². The van der Waals surface area contributed by atoms with E-state index >= 15 is 0 Å². The average molecular weight is 293 g/mol. The lowest BCUT2D eigenvalue weighted by atomic mass is 9.99. The zero-order chi connectivity index (χ0) is 15.4. The number of nitrogens with one attached hydrogen (secondary N) is 1. The second-order valence-electron chi connectivity index (χ2n) is 5.33. The summed E-state index contributed by atoms with van der Waals surface area (Å²) in [6.45, 7) is 4.88. The highest BCUT2D eigenvalue weighted by atomic mass is 19.1. The van der Waals surface area contributed by atoms with Crippen LogP contribution < -0.4 is 5.32 Å². The first-order valence-electron chi connectivity index (χ1n) is 7.18. The highest BCUT2D eigenvalue weighted by Gasteiger charge is 2.17. The van der Waals surface area contributed by atoms with Crippen LogP contribution in [0.2, 0.25) is 0 Å². The summed E-state index contributed by atoms with van der Waals surface area (Å²) in [4.78, 5) is 0. The van der Waals surface area contributed by atoms with E-state index < -0.39 is 11.6 Å². The van der Waals surface area contributed by atoms with Gasteiger partial charge in [0, 0.05) is 30.9 Å². The maximum Gasteiger partial charge on any atom is 0.126 e. The van der Waals surface area contributed by atoms with Crippen molar-refractivity contribution in [3.8, 4) is 0 Å². The summed E-state index contributed by atoms with van der Waals surface area (Å²) in [5, 5.41) is 7.77. The summed E-state index contributed by atoms with van der Waals surface area (Å²) in [5.41, 5.74) is 2.64. The molecule has 1 aromatic heterocycles. The van der Waals surface area contributed by atoms with Gasteiger partial charge in [0.1, 0.15) is 11.6 Å². The molecule has 1 N–H and O–H groups in total. The number of nitrogens with zero attached hydrogens (tertiary/aromatic N) is 2. The fourth-order valence-electron chi connectivity index (χ4n) is 2.54. The molecule has 0 fully saturated rings. The van der Waals surface area contributed by atoms with Crippen molar-refractivity contribution in [1.29, 1.82) is 0 Å². The summed E-state index contributed by atoms with van der Waals surface area (Å²) >= 11 is 0. The monoisotopic (exact) mass is 293 g/mol. The molecular weight excluding hydrogens is 272 g/mol. The Morgan fingerprint density at radius 1 is 1.24 bits per heavy atom. The van der Waals surface area contributed by atoms with Crippen molar-refractivity contribution in [3.63, 3.8) is 0 Å². The number of aryl methyl sites for hydroxylation is 2. The average Bonchev–Trinajstić information content (AvgIpc) is 2.72. The molecule has 1 aromatic carbocycles. The van der Waals surface area contributed by atoms with Crippen LogP contribution >= 0.6 is 0 Å². The molecule has 0 bridgehead atoms. The minimum atomic E-state index is -0.540. The van der Waals surface area contributed by atoms with E-state index in [2.05, 4.69) is 17.3 Å². The first kappa shape index (κ1) is 15.6. The van der Waals surface area contributed by atoms with Gasteiger partial charge in [-0.15, -0.1) is 0 Å². The van der Waals surface area contributed by atoms with Crippen molar-refractivity contribution in [2.24, 2.45) is 7.05 Å². The van der Waals surface area contributed by atoms with Gasteiger partial charge in [0.15, 0.2) is 0 Å². The Morgan fingerprint density at radius 3 is 2.43 bits per heavy atom. The fraction of sp³-hybridized carbons (Fsp3) is 0.438. The first-order valence-corrected chi connectivity index (χ1v) is 7.18. The molecule has 0 aliphatic rings. The van der Waals surface area contributed by atoms with Crippen LogP contribution in [0.15, 0.2) is 24.4 Å². The third-order valence-corrected chi connectivity index (χ3v) is 3.43. The van der Waals surface area contributed by atoms with Gasteiger partial charge in [-0.25, -0.2) is 8.78 Å². The largest absolute Gasteiger partial charge is 0.310 e. The van der Waals surface area contributed by atoms with E-state index in [1.807, 2.05) is 20.2 Å². The van der Waals surface area contributed by atoms with Gasteiger partial charge in [0.05, 0.1) is 5.69 Å². The number of halogens is 2. The number of aromatic nitrogens is 2. The molecule has 0 aliphatic heterocycles. The van der Waals surface area contributed by atoms with Crippen molar-refractivity contribution >= 4 is 0 Å². The van der Waals surface area contributed by atoms with E-state index in [1.54, 1.807) is 4.68 Å². The van der Waals surface area contributed by atoms with E-state index in [-0.39, 0.29) is 6.04 Å². The van der Waals surface area contributed by atoms with Gasteiger partial charge in [-0.1, -0.05) is 6.92 Å². The Morgan fingerprint density at radius 2 is 1.90 bits per heavy atom. The SMILES string of the molecule is CCCNC(Cc1cc(F)cc(F)c1)c1cn(C)nc1C.